The number of carbonyl (C=O) groups is 1. The van der Waals surface area contributed by atoms with Crippen LogP contribution in [0.2, 0.25) is 0 Å². The standard InChI is InChI=1S/C13H25N3O2/c1-15-6-3-2-4-12(15)13(17)14-5-7-16-8-10-18-11-9-16/h12H,2-11H2,1H3,(H,14,17). The highest BCUT2D eigenvalue weighted by molar-refractivity contribution is 5.81. The summed E-state index contributed by atoms with van der Waals surface area (Å²) in [5.41, 5.74) is 0. The molecule has 2 heterocycles. The molecule has 0 radical (unpaired) electrons. The summed E-state index contributed by atoms with van der Waals surface area (Å²) in [6.45, 7) is 6.34. The summed E-state index contributed by atoms with van der Waals surface area (Å²) in [6.07, 6.45) is 3.39. The smallest absolute Gasteiger partial charge is 0.237 e. The number of piperidine rings is 1. The first kappa shape index (κ1) is 13.8. The van der Waals surface area contributed by atoms with E-state index in [0.717, 1.165) is 52.4 Å². The van der Waals surface area contributed by atoms with Gasteiger partial charge in [-0.05, 0) is 26.4 Å². The van der Waals surface area contributed by atoms with E-state index in [-0.39, 0.29) is 11.9 Å². The Balaban J connectivity index is 1.64. The molecule has 1 unspecified atom stereocenters. The molecule has 2 aliphatic heterocycles. The maximum atomic E-state index is 12.1. The molecule has 18 heavy (non-hydrogen) atoms. The lowest BCUT2D eigenvalue weighted by atomic mass is 10.0. The minimum absolute atomic E-state index is 0.0865. The second-order valence-corrected chi connectivity index (χ2v) is 5.24. The van der Waals surface area contributed by atoms with Crippen molar-refractivity contribution in [1.82, 2.24) is 15.1 Å². The number of ether oxygens (including phenoxy) is 1. The summed E-state index contributed by atoms with van der Waals surface area (Å²) in [7, 11) is 2.05. The summed E-state index contributed by atoms with van der Waals surface area (Å²) in [5.74, 6) is 0.199. The van der Waals surface area contributed by atoms with Gasteiger partial charge in [-0.3, -0.25) is 14.6 Å². The number of morpholine rings is 1. The Bertz CT molecular complexity index is 267. The molecule has 104 valence electrons. The van der Waals surface area contributed by atoms with Gasteiger partial charge in [0.1, 0.15) is 0 Å². The third kappa shape index (κ3) is 3.93. The highest BCUT2D eigenvalue weighted by Crippen LogP contribution is 2.14. The topological polar surface area (TPSA) is 44.8 Å². The maximum Gasteiger partial charge on any atom is 0.237 e. The van der Waals surface area contributed by atoms with Crippen molar-refractivity contribution in [2.45, 2.75) is 25.3 Å². The van der Waals surface area contributed by atoms with Crippen LogP contribution in [0.1, 0.15) is 19.3 Å². The number of hydrogen-bond donors (Lipinski definition) is 1. The minimum Gasteiger partial charge on any atom is -0.379 e. The number of nitrogens with one attached hydrogen (secondary N) is 1. The molecule has 0 aromatic carbocycles. The molecule has 1 atom stereocenters. The third-order valence-electron chi connectivity index (χ3n) is 3.90. The Labute approximate surface area is 109 Å². The molecular formula is C13H25N3O2. The maximum absolute atomic E-state index is 12.1. The van der Waals surface area contributed by atoms with Crippen molar-refractivity contribution in [3.63, 3.8) is 0 Å². The monoisotopic (exact) mass is 255 g/mol. The van der Waals surface area contributed by atoms with Gasteiger partial charge in [-0.2, -0.15) is 0 Å². The molecule has 0 bridgehead atoms. The summed E-state index contributed by atoms with van der Waals surface area (Å²) in [4.78, 5) is 16.6. The van der Waals surface area contributed by atoms with E-state index in [1.807, 2.05) is 7.05 Å². The van der Waals surface area contributed by atoms with Crippen molar-refractivity contribution in [3.8, 4) is 0 Å². The average Bonchev–Trinajstić information content (AvgIpc) is 2.40. The van der Waals surface area contributed by atoms with Gasteiger partial charge in [0.15, 0.2) is 0 Å². The molecular weight excluding hydrogens is 230 g/mol. The van der Waals surface area contributed by atoms with Crippen LogP contribution in [0, 0.1) is 0 Å². The van der Waals surface area contributed by atoms with Gasteiger partial charge in [-0.1, -0.05) is 6.42 Å². The molecule has 0 spiro atoms. The fourth-order valence-electron chi connectivity index (χ4n) is 2.69. The van der Waals surface area contributed by atoms with Crippen LogP contribution in [0.25, 0.3) is 0 Å². The first-order valence-electron chi connectivity index (χ1n) is 7.05. The number of nitrogens with zero attached hydrogens (tertiary/aromatic N) is 2. The Kier molecular flexibility index (Phi) is 5.41. The molecule has 5 heteroatoms. The van der Waals surface area contributed by atoms with E-state index in [1.54, 1.807) is 0 Å². The summed E-state index contributed by atoms with van der Waals surface area (Å²) < 4.78 is 5.30. The fourth-order valence-corrected chi connectivity index (χ4v) is 2.69. The highest BCUT2D eigenvalue weighted by Gasteiger charge is 2.25. The normalized spacial score (nSPS) is 27.1. The molecule has 2 saturated heterocycles. The van der Waals surface area contributed by atoms with Gasteiger partial charge >= 0.3 is 0 Å². The molecule has 1 N–H and O–H groups in total. The highest BCUT2D eigenvalue weighted by atomic mass is 16.5. The second kappa shape index (κ2) is 7.07. The fraction of sp³-hybridized carbons (Fsp3) is 0.923. The summed E-state index contributed by atoms with van der Waals surface area (Å²) in [6, 6.07) is 0.0865. The molecule has 0 aliphatic carbocycles. The van der Waals surface area contributed by atoms with Gasteiger partial charge in [0, 0.05) is 26.2 Å². The van der Waals surface area contributed by atoms with Crippen LogP contribution < -0.4 is 5.32 Å². The van der Waals surface area contributed by atoms with Crippen LogP contribution in [-0.2, 0) is 9.53 Å². The van der Waals surface area contributed by atoms with Crippen LogP contribution in [0.3, 0.4) is 0 Å². The van der Waals surface area contributed by atoms with Crippen molar-refractivity contribution >= 4 is 5.91 Å². The zero-order valence-corrected chi connectivity index (χ0v) is 11.4. The second-order valence-electron chi connectivity index (χ2n) is 5.24. The first-order valence-corrected chi connectivity index (χ1v) is 7.05. The molecule has 2 fully saturated rings. The summed E-state index contributed by atoms with van der Waals surface area (Å²) in [5, 5.41) is 3.07. The summed E-state index contributed by atoms with van der Waals surface area (Å²) >= 11 is 0. The Morgan fingerprint density at radius 1 is 1.28 bits per heavy atom. The molecule has 2 rings (SSSR count). The van der Waals surface area contributed by atoms with Crippen molar-refractivity contribution < 1.29 is 9.53 Å². The van der Waals surface area contributed by atoms with Gasteiger partial charge in [-0.25, -0.2) is 0 Å². The SMILES string of the molecule is CN1CCCCC1C(=O)NCCN1CCOCC1. The first-order chi connectivity index (χ1) is 8.77. The van der Waals surface area contributed by atoms with E-state index < -0.39 is 0 Å². The van der Waals surface area contributed by atoms with E-state index in [9.17, 15) is 4.79 Å². The number of hydrogen-bond acceptors (Lipinski definition) is 4. The van der Waals surface area contributed by atoms with Crippen molar-refractivity contribution in [1.29, 1.82) is 0 Å². The molecule has 5 nitrogen and oxygen atoms in total. The number of likely N-dealkylation sites (tertiary alicyclic amines) is 1. The van der Waals surface area contributed by atoms with Gasteiger partial charge in [0.25, 0.3) is 0 Å². The van der Waals surface area contributed by atoms with Crippen LogP contribution in [0.4, 0.5) is 0 Å². The quantitative estimate of drug-likeness (QED) is 0.763. The Hall–Kier alpha value is -0.650. The van der Waals surface area contributed by atoms with Crippen molar-refractivity contribution in [3.05, 3.63) is 0 Å². The van der Waals surface area contributed by atoms with E-state index in [1.165, 1.54) is 12.8 Å². The van der Waals surface area contributed by atoms with Crippen molar-refractivity contribution in [2.24, 2.45) is 0 Å². The van der Waals surface area contributed by atoms with Gasteiger partial charge in [0.05, 0.1) is 19.3 Å². The van der Waals surface area contributed by atoms with Crippen LogP contribution >= 0.6 is 0 Å². The number of rotatable bonds is 4. The van der Waals surface area contributed by atoms with E-state index in [0.29, 0.717) is 0 Å². The number of carbonyl (C=O) groups excluding carboxylic acids is 1. The Morgan fingerprint density at radius 3 is 2.78 bits per heavy atom. The zero-order valence-electron chi connectivity index (χ0n) is 11.4. The predicted octanol–water partition coefficient (Wildman–Crippen LogP) is -0.0809. The largest absolute Gasteiger partial charge is 0.379 e. The van der Waals surface area contributed by atoms with E-state index >= 15 is 0 Å². The minimum atomic E-state index is 0.0865. The van der Waals surface area contributed by atoms with Crippen LogP contribution in [0.15, 0.2) is 0 Å². The molecule has 0 aromatic heterocycles. The van der Waals surface area contributed by atoms with E-state index in [4.69, 9.17) is 4.74 Å². The lowest BCUT2D eigenvalue weighted by molar-refractivity contribution is -0.127. The average molecular weight is 255 g/mol. The van der Waals surface area contributed by atoms with Gasteiger partial charge < -0.3 is 10.1 Å². The Morgan fingerprint density at radius 2 is 2.06 bits per heavy atom. The van der Waals surface area contributed by atoms with Crippen LogP contribution in [-0.4, -0.2) is 74.7 Å². The van der Waals surface area contributed by atoms with Crippen LogP contribution in [0.5, 0.6) is 0 Å². The van der Waals surface area contributed by atoms with Gasteiger partial charge in [-0.15, -0.1) is 0 Å². The zero-order chi connectivity index (χ0) is 12.8. The van der Waals surface area contributed by atoms with Gasteiger partial charge in [0.2, 0.25) is 5.91 Å². The molecule has 0 saturated carbocycles. The lowest BCUT2D eigenvalue weighted by Gasteiger charge is -2.32. The lowest BCUT2D eigenvalue weighted by Crippen LogP contribution is -2.49. The third-order valence-corrected chi connectivity index (χ3v) is 3.90. The van der Waals surface area contributed by atoms with E-state index in [2.05, 4.69) is 15.1 Å². The molecule has 2 aliphatic rings. The molecule has 1 amide bonds. The number of likely N-dealkylation sites (N-methyl/N-ethyl adjacent to an activating group) is 1. The number of amides is 1. The van der Waals surface area contributed by atoms with Crippen molar-refractivity contribution in [2.75, 3.05) is 53.0 Å². The predicted molar refractivity (Wildman–Crippen MR) is 70.5 cm³/mol. The molecule has 0 aromatic rings.